The molecule has 0 heterocycles. The van der Waals surface area contributed by atoms with Gasteiger partial charge in [0.05, 0.1) is 11.8 Å². The van der Waals surface area contributed by atoms with Gasteiger partial charge in [-0.25, -0.2) is 10.2 Å². The lowest BCUT2D eigenvalue weighted by atomic mass is 10.0. The van der Waals surface area contributed by atoms with E-state index in [1.165, 1.54) is 6.21 Å². The first kappa shape index (κ1) is 28.4. The summed E-state index contributed by atoms with van der Waals surface area (Å²) in [6.45, 7) is 2.08. The van der Waals surface area contributed by atoms with Crippen LogP contribution in [0.5, 0.6) is 17.2 Å². The van der Waals surface area contributed by atoms with E-state index in [4.69, 9.17) is 25.8 Å². The van der Waals surface area contributed by atoms with E-state index in [0.29, 0.717) is 40.0 Å². The zero-order valence-corrected chi connectivity index (χ0v) is 23.5. The molecule has 0 aromatic heterocycles. The quantitative estimate of drug-likeness (QED) is 0.0819. The first-order valence-corrected chi connectivity index (χ1v) is 13.6. The number of hydrogen-bond acceptors (Lipinski definition) is 6. The minimum atomic E-state index is -0.826. The molecule has 42 heavy (non-hydrogen) atoms. The maximum atomic E-state index is 12.8. The van der Waals surface area contributed by atoms with Crippen molar-refractivity contribution in [2.45, 2.75) is 19.6 Å². The lowest BCUT2D eigenvalue weighted by Gasteiger charge is -2.14. The Morgan fingerprint density at radius 2 is 1.52 bits per heavy atom. The molecule has 1 N–H and O–H groups in total. The number of benzene rings is 5. The van der Waals surface area contributed by atoms with Crippen LogP contribution in [-0.4, -0.2) is 24.2 Å². The molecule has 210 valence electrons. The second-order valence-electron chi connectivity index (χ2n) is 9.33. The first-order valence-electron chi connectivity index (χ1n) is 13.2. The molecule has 0 bridgehead atoms. The second kappa shape index (κ2) is 13.5. The van der Waals surface area contributed by atoms with Gasteiger partial charge in [0.2, 0.25) is 0 Å². The smallest absolute Gasteiger partial charge is 0.343 e. The molecule has 8 heteroatoms. The third-order valence-corrected chi connectivity index (χ3v) is 6.59. The summed E-state index contributed by atoms with van der Waals surface area (Å²) in [6.07, 6.45) is 0.629. The van der Waals surface area contributed by atoms with Crippen LogP contribution in [0.15, 0.2) is 120 Å². The van der Waals surface area contributed by atoms with Crippen molar-refractivity contribution in [1.29, 1.82) is 0 Å². The number of carbonyl (C=O) groups excluding carboxylic acids is 2. The van der Waals surface area contributed by atoms with Crippen LogP contribution in [0, 0.1) is 0 Å². The van der Waals surface area contributed by atoms with Gasteiger partial charge in [0, 0.05) is 10.6 Å². The molecule has 7 nitrogen and oxygen atoms in total. The summed E-state index contributed by atoms with van der Waals surface area (Å²) in [5.41, 5.74) is 4.47. The second-order valence-corrected chi connectivity index (χ2v) is 9.77. The number of nitrogens with one attached hydrogen (secondary N) is 1. The Hall–Kier alpha value is -5.14. The zero-order valence-electron chi connectivity index (χ0n) is 22.7. The molecule has 5 rings (SSSR count). The lowest BCUT2D eigenvalue weighted by Crippen LogP contribution is -2.33. The van der Waals surface area contributed by atoms with Crippen LogP contribution in [0.4, 0.5) is 0 Å². The summed E-state index contributed by atoms with van der Waals surface area (Å²) in [4.78, 5) is 25.5. The van der Waals surface area contributed by atoms with Crippen LogP contribution in [0.1, 0.15) is 28.4 Å². The molecule has 0 aliphatic heterocycles. The summed E-state index contributed by atoms with van der Waals surface area (Å²) < 4.78 is 17.3. The monoisotopic (exact) mass is 578 g/mol. The van der Waals surface area contributed by atoms with Crippen LogP contribution >= 0.6 is 11.6 Å². The van der Waals surface area contributed by atoms with Crippen molar-refractivity contribution in [3.8, 4) is 17.2 Å². The van der Waals surface area contributed by atoms with Crippen LogP contribution in [0.3, 0.4) is 0 Å². The predicted molar refractivity (Wildman–Crippen MR) is 163 cm³/mol. The molecule has 0 radical (unpaired) electrons. The summed E-state index contributed by atoms with van der Waals surface area (Å²) in [7, 11) is 0. The highest BCUT2D eigenvalue weighted by molar-refractivity contribution is 6.30. The van der Waals surface area contributed by atoms with Gasteiger partial charge in [-0.3, -0.25) is 4.79 Å². The molecule has 0 aliphatic carbocycles. The van der Waals surface area contributed by atoms with Gasteiger partial charge in [-0.1, -0.05) is 72.3 Å². The Labute approximate surface area is 248 Å². The van der Waals surface area contributed by atoms with E-state index in [0.717, 1.165) is 16.3 Å². The third kappa shape index (κ3) is 7.33. The standard InChI is InChI=1S/C34H27ClN2O5/c1-23(41-29-18-16-28(17-19-29)40-22-24-7-3-2-4-8-24)33(38)37-36-21-31-30-10-6-5-9-25(30)13-20-32(31)42-34(39)26-11-14-27(35)15-12-26/h2-21,23H,22H2,1H3,(H,37,38)/b36-21+. The van der Waals surface area contributed by atoms with Crippen molar-refractivity contribution < 1.29 is 23.8 Å². The van der Waals surface area contributed by atoms with Gasteiger partial charge in [-0.15, -0.1) is 0 Å². The average molecular weight is 579 g/mol. The molecule has 1 amide bonds. The highest BCUT2D eigenvalue weighted by atomic mass is 35.5. The van der Waals surface area contributed by atoms with Gasteiger partial charge < -0.3 is 14.2 Å². The van der Waals surface area contributed by atoms with Crippen LogP contribution < -0.4 is 19.6 Å². The molecular formula is C34H27ClN2O5. The number of carbonyl (C=O) groups is 2. The van der Waals surface area contributed by atoms with E-state index >= 15 is 0 Å². The number of hydrazone groups is 1. The number of rotatable bonds is 10. The molecule has 0 saturated heterocycles. The van der Waals surface area contributed by atoms with Crippen LogP contribution in [-0.2, 0) is 11.4 Å². The Bertz CT molecular complexity index is 1700. The highest BCUT2D eigenvalue weighted by Crippen LogP contribution is 2.28. The van der Waals surface area contributed by atoms with Gasteiger partial charge >= 0.3 is 5.97 Å². The molecule has 0 saturated carbocycles. The molecule has 0 aliphatic rings. The molecule has 0 spiro atoms. The van der Waals surface area contributed by atoms with Crippen molar-refractivity contribution in [2.24, 2.45) is 5.10 Å². The number of esters is 1. The minimum absolute atomic E-state index is 0.297. The Morgan fingerprint density at radius 1 is 0.833 bits per heavy atom. The fourth-order valence-corrected chi connectivity index (χ4v) is 4.23. The SMILES string of the molecule is CC(Oc1ccc(OCc2ccccc2)cc1)C(=O)N/N=C/c1c(OC(=O)c2ccc(Cl)cc2)ccc2ccccc12. The van der Waals surface area contributed by atoms with E-state index in [1.54, 1.807) is 61.5 Å². The minimum Gasteiger partial charge on any atom is -0.489 e. The van der Waals surface area contributed by atoms with Crippen LogP contribution in [0.2, 0.25) is 5.02 Å². The number of nitrogens with zero attached hydrogens (tertiary/aromatic N) is 1. The molecule has 1 unspecified atom stereocenters. The zero-order chi connectivity index (χ0) is 29.3. The van der Waals surface area contributed by atoms with Gasteiger partial charge in [-0.05, 0) is 77.9 Å². The Balaban J connectivity index is 1.22. The molecular weight excluding hydrogens is 552 g/mol. The molecule has 1 atom stereocenters. The van der Waals surface area contributed by atoms with E-state index in [9.17, 15) is 9.59 Å². The van der Waals surface area contributed by atoms with Crippen molar-refractivity contribution in [3.63, 3.8) is 0 Å². The number of hydrogen-bond donors (Lipinski definition) is 1. The summed E-state index contributed by atoms with van der Waals surface area (Å²) in [5.74, 6) is 0.509. The maximum absolute atomic E-state index is 12.8. The third-order valence-electron chi connectivity index (χ3n) is 6.34. The number of fused-ring (bicyclic) bond motifs is 1. The fraction of sp³-hybridized carbons (Fsp3) is 0.0882. The lowest BCUT2D eigenvalue weighted by molar-refractivity contribution is -0.127. The van der Waals surface area contributed by atoms with E-state index in [2.05, 4.69) is 10.5 Å². The maximum Gasteiger partial charge on any atom is 0.343 e. The van der Waals surface area contributed by atoms with Crippen LogP contribution in [0.25, 0.3) is 10.8 Å². The van der Waals surface area contributed by atoms with Crippen molar-refractivity contribution in [1.82, 2.24) is 5.43 Å². The predicted octanol–water partition coefficient (Wildman–Crippen LogP) is 7.21. The average Bonchev–Trinajstić information content (AvgIpc) is 3.02. The highest BCUT2D eigenvalue weighted by Gasteiger charge is 2.16. The van der Waals surface area contributed by atoms with Crippen molar-refractivity contribution >= 4 is 40.5 Å². The number of halogens is 1. The fourth-order valence-electron chi connectivity index (χ4n) is 4.11. The van der Waals surface area contributed by atoms with Gasteiger partial charge in [0.25, 0.3) is 5.91 Å². The first-order chi connectivity index (χ1) is 20.5. The molecule has 5 aromatic rings. The normalized spacial score (nSPS) is 11.7. The number of amides is 1. The van der Waals surface area contributed by atoms with E-state index < -0.39 is 18.0 Å². The Kier molecular flexibility index (Phi) is 9.11. The van der Waals surface area contributed by atoms with E-state index in [-0.39, 0.29) is 0 Å². The van der Waals surface area contributed by atoms with Gasteiger partial charge in [-0.2, -0.15) is 5.10 Å². The van der Waals surface area contributed by atoms with E-state index in [1.807, 2.05) is 60.7 Å². The van der Waals surface area contributed by atoms with Crippen molar-refractivity contribution in [3.05, 3.63) is 137 Å². The molecule has 0 fully saturated rings. The topological polar surface area (TPSA) is 86.2 Å². The molecule has 5 aromatic carbocycles. The summed E-state index contributed by atoms with van der Waals surface area (Å²) in [5, 5.41) is 6.38. The summed E-state index contributed by atoms with van der Waals surface area (Å²) >= 11 is 5.94. The Morgan fingerprint density at radius 3 is 2.29 bits per heavy atom. The largest absolute Gasteiger partial charge is 0.489 e. The van der Waals surface area contributed by atoms with Gasteiger partial charge in [0.1, 0.15) is 23.9 Å². The van der Waals surface area contributed by atoms with Gasteiger partial charge in [0.15, 0.2) is 6.10 Å². The van der Waals surface area contributed by atoms with Crippen molar-refractivity contribution in [2.75, 3.05) is 0 Å². The number of ether oxygens (including phenoxy) is 3. The summed E-state index contributed by atoms with van der Waals surface area (Å²) in [6, 6.07) is 34.5.